The minimum absolute atomic E-state index is 0.0461. The Labute approximate surface area is 175 Å². The summed E-state index contributed by atoms with van der Waals surface area (Å²) in [4.78, 5) is 36.7. The van der Waals surface area contributed by atoms with E-state index in [0.29, 0.717) is 11.3 Å². The van der Waals surface area contributed by atoms with E-state index in [-0.39, 0.29) is 36.6 Å². The monoisotopic (exact) mass is 420 g/mol. The maximum Gasteiger partial charge on any atom is 0.336 e. The van der Waals surface area contributed by atoms with Gasteiger partial charge in [-0.15, -0.1) is 0 Å². The molecule has 1 aromatic rings. The molecular weight excluding hydrogens is 392 g/mol. The van der Waals surface area contributed by atoms with Crippen molar-refractivity contribution < 1.29 is 28.7 Å². The van der Waals surface area contributed by atoms with Crippen molar-refractivity contribution in [1.29, 1.82) is 0 Å². The van der Waals surface area contributed by atoms with Gasteiger partial charge in [-0.05, 0) is 33.3 Å². The summed E-state index contributed by atoms with van der Waals surface area (Å²) in [5.41, 5.74) is 1.14. The zero-order chi connectivity index (χ0) is 22.4. The van der Waals surface area contributed by atoms with Gasteiger partial charge in [-0.2, -0.15) is 0 Å². The number of ether oxygens (including phenoxy) is 3. The van der Waals surface area contributed by atoms with Crippen molar-refractivity contribution in [3.63, 3.8) is 0 Å². The zero-order valence-electron chi connectivity index (χ0n) is 17.8. The molecule has 0 bridgehead atoms. The minimum Gasteiger partial charge on any atom is -0.463 e. The second kappa shape index (κ2) is 10.2. The molecule has 164 valence electrons. The number of carbonyl (C=O) groups excluding carboxylic acids is 2. The maximum absolute atomic E-state index is 13.0. The number of benzene rings is 1. The van der Waals surface area contributed by atoms with Gasteiger partial charge in [-0.3, -0.25) is 14.9 Å². The molecule has 1 heterocycles. The third-order valence-corrected chi connectivity index (χ3v) is 4.86. The molecular formula is C21H28N2O7. The normalized spacial score (nSPS) is 21.2. The first kappa shape index (κ1) is 23.3. The Morgan fingerprint density at radius 1 is 1.27 bits per heavy atom. The number of nitrogens with one attached hydrogen (secondary N) is 1. The number of methoxy groups -OCH3 is 1. The highest BCUT2D eigenvalue weighted by Crippen LogP contribution is 2.41. The highest BCUT2D eigenvalue weighted by Gasteiger charge is 2.45. The Bertz CT molecular complexity index is 834. The predicted molar refractivity (Wildman–Crippen MR) is 109 cm³/mol. The third kappa shape index (κ3) is 5.35. The molecule has 2 rings (SSSR count). The number of rotatable bonds is 8. The van der Waals surface area contributed by atoms with Crippen molar-refractivity contribution in [3.8, 4) is 0 Å². The van der Waals surface area contributed by atoms with Crippen LogP contribution in [-0.2, 0) is 23.8 Å². The van der Waals surface area contributed by atoms with E-state index in [9.17, 15) is 19.7 Å². The number of non-ortho nitro benzene ring substituents is 1. The molecule has 1 N–H and O–H groups in total. The summed E-state index contributed by atoms with van der Waals surface area (Å²) in [7, 11) is 1.49. The van der Waals surface area contributed by atoms with Crippen LogP contribution in [0.25, 0.3) is 0 Å². The largest absolute Gasteiger partial charge is 0.463 e. The summed E-state index contributed by atoms with van der Waals surface area (Å²) in [5.74, 6) is -2.63. The lowest BCUT2D eigenvalue weighted by Gasteiger charge is -2.38. The van der Waals surface area contributed by atoms with Crippen LogP contribution in [0, 0.1) is 16.0 Å². The summed E-state index contributed by atoms with van der Waals surface area (Å²) in [6.45, 7) is 7.28. The first-order valence-electron chi connectivity index (χ1n) is 9.75. The average Bonchev–Trinajstić information content (AvgIpc) is 2.66. The Balaban J connectivity index is 2.57. The molecule has 30 heavy (non-hydrogen) atoms. The Morgan fingerprint density at radius 2 is 1.97 bits per heavy atom. The standard InChI is InChI=1S/C21H28N2O7/c1-12(2)30-21(25)18-14(4)22-13(3)17(20(24)29-10-9-28-5)19(18)15-7-6-8-16(11-15)23(26)27/h6-8,11-12,14,18-19,22H,9-10H2,1-5H3. The van der Waals surface area contributed by atoms with E-state index in [0.717, 1.165) is 0 Å². The number of hydrogen-bond donors (Lipinski definition) is 1. The molecule has 0 fully saturated rings. The molecule has 1 aliphatic heterocycles. The molecule has 0 saturated carbocycles. The van der Waals surface area contributed by atoms with Crippen LogP contribution in [0.1, 0.15) is 39.2 Å². The molecule has 0 radical (unpaired) electrons. The Morgan fingerprint density at radius 3 is 2.57 bits per heavy atom. The fourth-order valence-electron chi connectivity index (χ4n) is 3.64. The van der Waals surface area contributed by atoms with Crippen LogP contribution in [0.5, 0.6) is 0 Å². The number of esters is 2. The van der Waals surface area contributed by atoms with E-state index < -0.39 is 28.7 Å². The van der Waals surface area contributed by atoms with Crippen LogP contribution in [0.15, 0.2) is 35.5 Å². The van der Waals surface area contributed by atoms with Crippen LogP contribution < -0.4 is 5.32 Å². The molecule has 9 heteroatoms. The second-order valence-electron chi connectivity index (χ2n) is 7.44. The molecule has 1 aromatic carbocycles. The van der Waals surface area contributed by atoms with Crippen molar-refractivity contribution in [2.24, 2.45) is 5.92 Å². The van der Waals surface area contributed by atoms with Crippen molar-refractivity contribution in [3.05, 3.63) is 51.2 Å². The third-order valence-electron chi connectivity index (χ3n) is 4.86. The first-order chi connectivity index (χ1) is 14.2. The minimum atomic E-state index is -0.775. The van der Waals surface area contributed by atoms with Gasteiger partial charge in [0.05, 0.1) is 29.1 Å². The Kier molecular flexibility index (Phi) is 7.93. The van der Waals surface area contributed by atoms with Crippen molar-refractivity contribution in [2.45, 2.75) is 45.8 Å². The topological polar surface area (TPSA) is 117 Å². The van der Waals surface area contributed by atoms with Crippen molar-refractivity contribution in [2.75, 3.05) is 20.3 Å². The molecule has 1 aliphatic rings. The van der Waals surface area contributed by atoms with Gasteiger partial charge >= 0.3 is 11.9 Å². The lowest BCUT2D eigenvalue weighted by Crippen LogP contribution is -2.48. The van der Waals surface area contributed by atoms with Gasteiger partial charge in [-0.25, -0.2) is 4.79 Å². The highest BCUT2D eigenvalue weighted by molar-refractivity contribution is 5.93. The van der Waals surface area contributed by atoms with E-state index in [2.05, 4.69) is 5.32 Å². The molecule has 0 saturated heterocycles. The first-order valence-corrected chi connectivity index (χ1v) is 9.75. The van der Waals surface area contributed by atoms with Gasteiger partial charge in [0.1, 0.15) is 6.61 Å². The summed E-state index contributed by atoms with van der Waals surface area (Å²) in [6, 6.07) is 5.59. The Hall–Kier alpha value is -2.94. The lowest BCUT2D eigenvalue weighted by atomic mass is 9.73. The average molecular weight is 420 g/mol. The van der Waals surface area contributed by atoms with E-state index in [1.54, 1.807) is 26.8 Å². The number of hydrogen-bond acceptors (Lipinski definition) is 8. The summed E-state index contributed by atoms with van der Waals surface area (Å²) >= 11 is 0. The van der Waals surface area contributed by atoms with E-state index in [1.807, 2.05) is 6.92 Å². The van der Waals surface area contributed by atoms with Crippen molar-refractivity contribution >= 4 is 17.6 Å². The number of nitrogens with zero attached hydrogens (tertiary/aromatic N) is 1. The number of nitro benzene ring substituents is 1. The van der Waals surface area contributed by atoms with Gasteiger partial charge in [-0.1, -0.05) is 12.1 Å². The molecule has 0 spiro atoms. The van der Waals surface area contributed by atoms with Crippen LogP contribution in [0.4, 0.5) is 5.69 Å². The van der Waals surface area contributed by atoms with E-state index >= 15 is 0 Å². The quantitative estimate of drug-likeness (QED) is 0.295. The SMILES string of the molecule is COCCOC(=O)C1=C(C)NC(C)C(C(=O)OC(C)C)C1c1cccc([N+](=O)[O-])c1. The van der Waals surface area contributed by atoms with Crippen LogP contribution in [0.2, 0.25) is 0 Å². The van der Waals surface area contributed by atoms with Gasteiger partial charge in [0.15, 0.2) is 0 Å². The molecule has 0 aliphatic carbocycles. The zero-order valence-corrected chi connectivity index (χ0v) is 17.8. The molecule has 0 aromatic heterocycles. The van der Waals surface area contributed by atoms with Gasteiger partial charge in [0.25, 0.3) is 5.69 Å². The summed E-state index contributed by atoms with van der Waals surface area (Å²) < 4.78 is 15.7. The lowest BCUT2D eigenvalue weighted by molar-refractivity contribution is -0.384. The van der Waals surface area contributed by atoms with E-state index in [1.165, 1.54) is 25.3 Å². The second-order valence-corrected chi connectivity index (χ2v) is 7.44. The molecule has 3 unspecified atom stereocenters. The molecule has 3 atom stereocenters. The number of nitro groups is 1. The smallest absolute Gasteiger partial charge is 0.336 e. The van der Waals surface area contributed by atoms with E-state index in [4.69, 9.17) is 14.2 Å². The fourth-order valence-corrected chi connectivity index (χ4v) is 3.64. The molecule has 9 nitrogen and oxygen atoms in total. The van der Waals surface area contributed by atoms with Crippen molar-refractivity contribution in [1.82, 2.24) is 5.32 Å². The van der Waals surface area contributed by atoms with Gasteiger partial charge in [0.2, 0.25) is 0 Å². The van der Waals surface area contributed by atoms with Gasteiger partial charge in [0, 0.05) is 36.9 Å². The summed E-state index contributed by atoms with van der Waals surface area (Å²) in [5, 5.41) is 14.5. The molecule has 0 amide bonds. The highest BCUT2D eigenvalue weighted by atomic mass is 16.6. The summed E-state index contributed by atoms with van der Waals surface area (Å²) in [6.07, 6.45) is -0.348. The number of allylic oxidation sites excluding steroid dienone is 1. The number of carbonyl (C=O) groups is 2. The predicted octanol–water partition coefficient (Wildman–Crippen LogP) is 2.70. The van der Waals surface area contributed by atoms with Crippen LogP contribution >= 0.6 is 0 Å². The van der Waals surface area contributed by atoms with Crippen LogP contribution in [0.3, 0.4) is 0 Å². The maximum atomic E-state index is 13.0. The van der Waals surface area contributed by atoms with Crippen LogP contribution in [-0.4, -0.2) is 49.3 Å². The fraction of sp³-hybridized carbons (Fsp3) is 0.524. The van der Waals surface area contributed by atoms with Gasteiger partial charge < -0.3 is 19.5 Å².